The molecule has 1 aromatic carbocycles. The minimum Gasteiger partial charge on any atom is -0.366 e. The Morgan fingerprint density at radius 2 is 1.96 bits per heavy atom. The van der Waals surface area contributed by atoms with Crippen molar-refractivity contribution in [3.63, 3.8) is 0 Å². The maximum absolute atomic E-state index is 12.0. The van der Waals surface area contributed by atoms with Crippen molar-refractivity contribution in [2.75, 3.05) is 45.1 Å². The average molecular weight is 319 g/mol. The Bertz CT molecular complexity index is 555. The Morgan fingerprint density at radius 3 is 2.61 bits per heavy atom. The van der Waals surface area contributed by atoms with E-state index in [9.17, 15) is 9.59 Å². The zero-order chi connectivity index (χ0) is 16.8. The van der Waals surface area contributed by atoms with Crippen molar-refractivity contribution in [3.05, 3.63) is 29.8 Å². The van der Waals surface area contributed by atoms with E-state index in [1.807, 2.05) is 0 Å². The van der Waals surface area contributed by atoms with E-state index in [4.69, 9.17) is 5.73 Å². The Hall–Kier alpha value is -2.12. The van der Waals surface area contributed by atoms with E-state index in [-0.39, 0.29) is 12.1 Å². The average Bonchev–Trinajstić information content (AvgIpc) is 2.53. The molecule has 126 valence electrons. The van der Waals surface area contributed by atoms with Crippen LogP contribution in [0.25, 0.3) is 0 Å². The number of hydrogen-bond acceptors (Lipinski definition) is 4. The van der Waals surface area contributed by atoms with Gasteiger partial charge >= 0.3 is 6.03 Å². The SMILES string of the molecule is C[C@@H](CNC(=O)Nc1cccc(C(N)=O)c1)N1CCN(C)CC1. The first-order valence-corrected chi connectivity index (χ1v) is 7.83. The van der Waals surface area contributed by atoms with Gasteiger partial charge in [0.2, 0.25) is 5.91 Å². The highest BCUT2D eigenvalue weighted by atomic mass is 16.2. The summed E-state index contributed by atoms with van der Waals surface area (Å²) in [7, 11) is 2.12. The normalized spacial score (nSPS) is 17.5. The molecule has 1 heterocycles. The highest BCUT2D eigenvalue weighted by Gasteiger charge is 2.19. The first kappa shape index (κ1) is 17.2. The van der Waals surface area contributed by atoms with Crippen LogP contribution in [0.5, 0.6) is 0 Å². The Balaban J connectivity index is 1.78. The van der Waals surface area contributed by atoms with E-state index in [1.165, 1.54) is 0 Å². The quantitative estimate of drug-likeness (QED) is 0.739. The summed E-state index contributed by atoms with van der Waals surface area (Å²) in [6, 6.07) is 6.57. The Morgan fingerprint density at radius 1 is 1.26 bits per heavy atom. The number of nitrogens with zero attached hydrogens (tertiary/aromatic N) is 2. The maximum Gasteiger partial charge on any atom is 0.319 e. The highest BCUT2D eigenvalue weighted by Crippen LogP contribution is 2.10. The lowest BCUT2D eigenvalue weighted by atomic mass is 10.2. The minimum atomic E-state index is -0.516. The molecule has 23 heavy (non-hydrogen) atoms. The number of amides is 3. The fourth-order valence-corrected chi connectivity index (χ4v) is 2.56. The number of likely N-dealkylation sites (N-methyl/N-ethyl adjacent to an activating group) is 1. The van der Waals surface area contributed by atoms with Gasteiger partial charge in [-0.05, 0) is 32.2 Å². The zero-order valence-corrected chi connectivity index (χ0v) is 13.7. The van der Waals surface area contributed by atoms with E-state index < -0.39 is 5.91 Å². The van der Waals surface area contributed by atoms with Crippen LogP contribution in [0.1, 0.15) is 17.3 Å². The third-order valence-corrected chi connectivity index (χ3v) is 4.12. The van der Waals surface area contributed by atoms with Gasteiger partial charge in [0.25, 0.3) is 0 Å². The number of carbonyl (C=O) groups is 2. The van der Waals surface area contributed by atoms with Gasteiger partial charge in [-0.1, -0.05) is 6.07 Å². The second-order valence-corrected chi connectivity index (χ2v) is 5.97. The van der Waals surface area contributed by atoms with Crippen molar-refractivity contribution in [3.8, 4) is 0 Å². The summed E-state index contributed by atoms with van der Waals surface area (Å²) in [5, 5.41) is 5.58. The second kappa shape index (κ2) is 7.94. The smallest absolute Gasteiger partial charge is 0.319 e. The summed E-state index contributed by atoms with van der Waals surface area (Å²) in [5.41, 5.74) is 6.14. The minimum absolute atomic E-state index is 0.284. The van der Waals surface area contributed by atoms with Gasteiger partial charge in [0.1, 0.15) is 0 Å². The molecule has 0 saturated carbocycles. The topological polar surface area (TPSA) is 90.7 Å². The Kier molecular flexibility index (Phi) is 5.95. The number of primary amides is 1. The van der Waals surface area contributed by atoms with E-state index in [0.717, 1.165) is 26.2 Å². The first-order valence-electron chi connectivity index (χ1n) is 7.83. The van der Waals surface area contributed by atoms with Gasteiger partial charge in [-0.2, -0.15) is 0 Å². The van der Waals surface area contributed by atoms with Crippen LogP contribution < -0.4 is 16.4 Å². The van der Waals surface area contributed by atoms with E-state index in [2.05, 4.69) is 34.4 Å². The van der Waals surface area contributed by atoms with E-state index in [1.54, 1.807) is 24.3 Å². The molecule has 1 aliphatic heterocycles. The number of rotatable bonds is 5. The molecule has 0 radical (unpaired) electrons. The molecule has 0 aromatic heterocycles. The molecule has 2 rings (SSSR count). The summed E-state index contributed by atoms with van der Waals surface area (Å²) < 4.78 is 0. The molecule has 1 saturated heterocycles. The summed E-state index contributed by atoms with van der Waals surface area (Å²) in [5.74, 6) is -0.516. The van der Waals surface area contributed by atoms with Gasteiger partial charge < -0.3 is 21.3 Å². The fraction of sp³-hybridized carbons (Fsp3) is 0.500. The molecule has 1 fully saturated rings. The van der Waals surface area contributed by atoms with Crippen LogP contribution in [-0.2, 0) is 0 Å². The van der Waals surface area contributed by atoms with Crippen molar-refractivity contribution >= 4 is 17.6 Å². The molecule has 7 heteroatoms. The van der Waals surface area contributed by atoms with Crippen LogP contribution in [0.2, 0.25) is 0 Å². The van der Waals surface area contributed by atoms with Gasteiger partial charge in [-0.3, -0.25) is 9.69 Å². The summed E-state index contributed by atoms with van der Waals surface area (Å²) in [6.07, 6.45) is 0. The molecule has 1 aromatic rings. The molecule has 1 aliphatic rings. The van der Waals surface area contributed by atoms with Crippen LogP contribution in [0.4, 0.5) is 10.5 Å². The number of benzene rings is 1. The third-order valence-electron chi connectivity index (χ3n) is 4.12. The molecule has 0 bridgehead atoms. The van der Waals surface area contributed by atoms with E-state index in [0.29, 0.717) is 17.8 Å². The molecule has 7 nitrogen and oxygen atoms in total. The highest BCUT2D eigenvalue weighted by molar-refractivity contribution is 5.95. The molecule has 4 N–H and O–H groups in total. The van der Waals surface area contributed by atoms with Gasteiger partial charge in [0.05, 0.1) is 0 Å². The molecular formula is C16H25N5O2. The fourth-order valence-electron chi connectivity index (χ4n) is 2.56. The number of hydrogen-bond donors (Lipinski definition) is 3. The van der Waals surface area contributed by atoms with Crippen LogP contribution >= 0.6 is 0 Å². The Labute approximate surface area is 136 Å². The summed E-state index contributed by atoms with van der Waals surface area (Å²) in [6.45, 7) is 6.82. The van der Waals surface area contributed by atoms with Gasteiger partial charge in [0.15, 0.2) is 0 Å². The molecular weight excluding hydrogens is 294 g/mol. The number of nitrogens with one attached hydrogen (secondary N) is 2. The standard InChI is InChI=1S/C16H25N5O2/c1-12(21-8-6-20(2)7-9-21)11-18-16(23)19-14-5-3-4-13(10-14)15(17)22/h3-5,10,12H,6-9,11H2,1-2H3,(H2,17,22)(H2,18,19,23)/t12-/m0/s1. The second-order valence-electron chi connectivity index (χ2n) is 5.97. The molecule has 0 spiro atoms. The third kappa shape index (κ3) is 5.22. The van der Waals surface area contributed by atoms with Crippen molar-refractivity contribution in [2.24, 2.45) is 5.73 Å². The zero-order valence-electron chi connectivity index (χ0n) is 13.7. The maximum atomic E-state index is 12.0. The number of nitrogens with two attached hydrogens (primary N) is 1. The van der Waals surface area contributed by atoms with Crippen molar-refractivity contribution in [1.82, 2.24) is 15.1 Å². The largest absolute Gasteiger partial charge is 0.366 e. The van der Waals surface area contributed by atoms with Crippen LogP contribution in [0.3, 0.4) is 0 Å². The lowest BCUT2D eigenvalue weighted by Gasteiger charge is -2.36. The number of anilines is 1. The van der Waals surface area contributed by atoms with Crippen molar-refractivity contribution in [1.29, 1.82) is 0 Å². The monoisotopic (exact) mass is 319 g/mol. The van der Waals surface area contributed by atoms with Crippen molar-refractivity contribution < 1.29 is 9.59 Å². The van der Waals surface area contributed by atoms with Gasteiger partial charge in [-0.25, -0.2) is 4.79 Å². The lowest BCUT2D eigenvalue weighted by molar-refractivity contribution is 0.100. The molecule has 0 aliphatic carbocycles. The number of carbonyl (C=O) groups excluding carboxylic acids is 2. The van der Waals surface area contributed by atoms with Gasteiger partial charge in [0, 0.05) is 50.0 Å². The number of urea groups is 1. The molecule has 1 atom stereocenters. The van der Waals surface area contributed by atoms with Crippen LogP contribution in [0.15, 0.2) is 24.3 Å². The summed E-state index contributed by atoms with van der Waals surface area (Å²) >= 11 is 0. The summed E-state index contributed by atoms with van der Waals surface area (Å²) in [4.78, 5) is 27.8. The molecule has 0 unspecified atom stereocenters. The molecule has 3 amide bonds. The van der Waals surface area contributed by atoms with Crippen molar-refractivity contribution in [2.45, 2.75) is 13.0 Å². The van der Waals surface area contributed by atoms with Crippen LogP contribution in [0, 0.1) is 0 Å². The van der Waals surface area contributed by atoms with Crippen LogP contribution in [-0.4, -0.2) is 67.6 Å². The van der Waals surface area contributed by atoms with Gasteiger partial charge in [-0.15, -0.1) is 0 Å². The predicted molar refractivity (Wildman–Crippen MR) is 90.5 cm³/mol. The number of piperazine rings is 1. The predicted octanol–water partition coefficient (Wildman–Crippen LogP) is 0.543. The van der Waals surface area contributed by atoms with E-state index >= 15 is 0 Å². The lowest BCUT2D eigenvalue weighted by Crippen LogP contribution is -2.51. The first-order chi connectivity index (χ1) is 11.0.